The Balaban J connectivity index is 2.16. The van der Waals surface area contributed by atoms with E-state index in [0.717, 1.165) is 25.7 Å². The average molecular weight is 348 g/mol. The fourth-order valence-corrected chi connectivity index (χ4v) is 5.32. The van der Waals surface area contributed by atoms with E-state index in [9.17, 15) is 18.3 Å². The Morgan fingerprint density at radius 3 is 2.26 bits per heavy atom. The predicted octanol–water partition coefficient (Wildman–Crippen LogP) is 1.31. The van der Waals surface area contributed by atoms with Crippen molar-refractivity contribution in [2.75, 3.05) is 39.9 Å². The van der Waals surface area contributed by atoms with Crippen LogP contribution in [0.2, 0.25) is 0 Å². The summed E-state index contributed by atoms with van der Waals surface area (Å²) in [5.74, 6) is -0.926. The fraction of sp³-hybridized carbons (Fsp3) is 0.933. The SMILES string of the molecule is COCCC1(C(=O)O)CCCN(S(=O)(=O)N2CCCCCC2)C1. The summed E-state index contributed by atoms with van der Waals surface area (Å²) < 4.78 is 33.8. The van der Waals surface area contributed by atoms with Gasteiger partial charge in [0.1, 0.15) is 0 Å². The summed E-state index contributed by atoms with van der Waals surface area (Å²) in [7, 11) is -2.04. The number of aliphatic carboxylic acids is 1. The van der Waals surface area contributed by atoms with E-state index in [1.54, 1.807) is 0 Å². The molecule has 0 aromatic carbocycles. The van der Waals surface area contributed by atoms with Crippen LogP contribution in [-0.4, -0.2) is 68.0 Å². The Labute approximate surface area is 138 Å². The minimum Gasteiger partial charge on any atom is -0.481 e. The van der Waals surface area contributed by atoms with Gasteiger partial charge in [-0.2, -0.15) is 17.0 Å². The first-order chi connectivity index (χ1) is 10.9. The van der Waals surface area contributed by atoms with E-state index >= 15 is 0 Å². The lowest BCUT2D eigenvalue weighted by Crippen LogP contribution is -2.54. The largest absolute Gasteiger partial charge is 0.481 e. The average Bonchev–Trinajstić information content (AvgIpc) is 2.82. The molecule has 1 unspecified atom stereocenters. The lowest BCUT2D eigenvalue weighted by Gasteiger charge is -2.40. The van der Waals surface area contributed by atoms with Crippen LogP contribution in [0.25, 0.3) is 0 Å². The van der Waals surface area contributed by atoms with Gasteiger partial charge in [-0.1, -0.05) is 12.8 Å². The molecule has 0 bridgehead atoms. The molecule has 2 saturated heterocycles. The maximum Gasteiger partial charge on any atom is 0.311 e. The smallest absolute Gasteiger partial charge is 0.311 e. The predicted molar refractivity (Wildman–Crippen MR) is 86.3 cm³/mol. The van der Waals surface area contributed by atoms with Crippen LogP contribution < -0.4 is 0 Å². The normalized spacial score (nSPS) is 28.4. The molecule has 0 aliphatic carbocycles. The number of ether oxygens (including phenoxy) is 1. The molecule has 0 radical (unpaired) electrons. The molecule has 1 N–H and O–H groups in total. The van der Waals surface area contributed by atoms with Gasteiger partial charge in [-0.15, -0.1) is 0 Å². The van der Waals surface area contributed by atoms with E-state index in [-0.39, 0.29) is 6.54 Å². The van der Waals surface area contributed by atoms with Crippen molar-refractivity contribution in [2.24, 2.45) is 5.41 Å². The van der Waals surface area contributed by atoms with E-state index in [1.165, 1.54) is 15.7 Å². The van der Waals surface area contributed by atoms with Crippen LogP contribution in [0.3, 0.4) is 0 Å². The van der Waals surface area contributed by atoms with Gasteiger partial charge in [0.05, 0.1) is 5.41 Å². The number of piperidine rings is 1. The topological polar surface area (TPSA) is 87.1 Å². The van der Waals surface area contributed by atoms with Gasteiger partial charge in [-0.05, 0) is 32.1 Å². The zero-order chi connectivity index (χ0) is 16.9. The summed E-state index contributed by atoms with van der Waals surface area (Å²) >= 11 is 0. The van der Waals surface area contributed by atoms with Crippen LogP contribution in [-0.2, 0) is 19.7 Å². The van der Waals surface area contributed by atoms with Gasteiger partial charge < -0.3 is 9.84 Å². The second-order valence-corrected chi connectivity index (χ2v) is 8.51. The summed E-state index contributed by atoms with van der Waals surface area (Å²) in [6.45, 7) is 1.85. The van der Waals surface area contributed by atoms with Crippen molar-refractivity contribution in [1.82, 2.24) is 8.61 Å². The Morgan fingerprint density at radius 1 is 1.09 bits per heavy atom. The number of hydrogen-bond acceptors (Lipinski definition) is 4. The molecule has 0 spiro atoms. The zero-order valence-corrected chi connectivity index (χ0v) is 14.7. The number of carboxylic acid groups (broad SMARTS) is 1. The molecule has 8 heteroatoms. The van der Waals surface area contributed by atoms with Crippen molar-refractivity contribution < 1.29 is 23.1 Å². The van der Waals surface area contributed by atoms with Crippen LogP contribution in [0.15, 0.2) is 0 Å². The first-order valence-corrected chi connectivity index (χ1v) is 9.80. The standard InChI is InChI=1S/C15H28N2O5S/c1-22-12-8-15(14(18)19)7-6-11-17(13-15)23(20,21)16-9-4-2-3-5-10-16/h2-13H2,1H3,(H,18,19). The lowest BCUT2D eigenvalue weighted by atomic mass is 9.78. The third-order valence-corrected chi connectivity index (χ3v) is 6.98. The van der Waals surface area contributed by atoms with E-state index in [1.807, 2.05) is 0 Å². The third-order valence-electron chi connectivity index (χ3n) is 5.00. The molecule has 134 valence electrons. The molecule has 2 heterocycles. The van der Waals surface area contributed by atoms with Crippen molar-refractivity contribution in [3.8, 4) is 0 Å². The van der Waals surface area contributed by atoms with E-state index in [4.69, 9.17) is 4.74 Å². The summed E-state index contributed by atoms with van der Waals surface area (Å²) in [6, 6.07) is 0. The minimum atomic E-state index is -3.58. The first-order valence-electron chi connectivity index (χ1n) is 8.40. The quantitative estimate of drug-likeness (QED) is 0.782. The van der Waals surface area contributed by atoms with Gasteiger partial charge >= 0.3 is 5.97 Å². The Bertz CT molecular complexity index is 502. The Kier molecular flexibility index (Phi) is 6.41. The summed E-state index contributed by atoms with van der Waals surface area (Å²) in [5.41, 5.74) is -1.03. The zero-order valence-electron chi connectivity index (χ0n) is 13.9. The van der Waals surface area contributed by atoms with Crippen LogP contribution in [0.5, 0.6) is 0 Å². The summed E-state index contributed by atoms with van der Waals surface area (Å²) in [5, 5.41) is 9.66. The third kappa shape index (κ3) is 4.23. The van der Waals surface area contributed by atoms with E-state index in [0.29, 0.717) is 45.5 Å². The van der Waals surface area contributed by atoms with Crippen LogP contribution in [0.4, 0.5) is 0 Å². The molecule has 0 amide bonds. The van der Waals surface area contributed by atoms with Crippen LogP contribution >= 0.6 is 0 Å². The highest BCUT2D eigenvalue weighted by Crippen LogP contribution is 2.36. The molecule has 0 saturated carbocycles. The molecule has 2 rings (SSSR count). The van der Waals surface area contributed by atoms with Crippen molar-refractivity contribution in [3.05, 3.63) is 0 Å². The molecule has 7 nitrogen and oxygen atoms in total. The van der Waals surface area contributed by atoms with Gasteiger partial charge in [0.25, 0.3) is 10.2 Å². The van der Waals surface area contributed by atoms with Crippen LogP contribution in [0.1, 0.15) is 44.9 Å². The number of carboxylic acids is 1. The second-order valence-electron chi connectivity index (χ2n) is 6.59. The number of rotatable bonds is 6. The Morgan fingerprint density at radius 2 is 1.70 bits per heavy atom. The highest BCUT2D eigenvalue weighted by Gasteiger charge is 2.46. The van der Waals surface area contributed by atoms with Gasteiger partial charge in [0.15, 0.2) is 0 Å². The first kappa shape index (κ1) is 18.6. The maximum atomic E-state index is 12.9. The summed E-state index contributed by atoms with van der Waals surface area (Å²) in [4.78, 5) is 11.8. The number of carbonyl (C=O) groups is 1. The molecule has 0 aromatic rings. The van der Waals surface area contributed by atoms with Gasteiger partial charge in [-0.3, -0.25) is 4.79 Å². The monoisotopic (exact) mass is 348 g/mol. The van der Waals surface area contributed by atoms with Gasteiger partial charge in [0, 0.05) is 39.9 Å². The van der Waals surface area contributed by atoms with E-state index < -0.39 is 21.6 Å². The number of hydrogen-bond donors (Lipinski definition) is 1. The van der Waals surface area contributed by atoms with Crippen molar-refractivity contribution in [2.45, 2.75) is 44.9 Å². The van der Waals surface area contributed by atoms with Gasteiger partial charge in [-0.25, -0.2) is 0 Å². The summed E-state index contributed by atoms with van der Waals surface area (Å²) in [6.07, 6.45) is 5.27. The molecule has 2 fully saturated rings. The van der Waals surface area contributed by atoms with Gasteiger partial charge in [0.2, 0.25) is 0 Å². The molecule has 2 aliphatic heterocycles. The maximum absolute atomic E-state index is 12.9. The number of methoxy groups -OCH3 is 1. The highest BCUT2D eigenvalue weighted by molar-refractivity contribution is 7.86. The molecule has 1 atom stereocenters. The Hall–Kier alpha value is -0.700. The molecule has 2 aliphatic rings. The minimum absolute atomic E-state index is 0.0462. The molecule has 23 heavy (non-hydrogen) atoms. The van der Waals surface area contributed by atoms with E-state index in [2.05, 4.69) is 0 Å². The molecule has 0 aromatic heterocycles. The number of nitrogens with zero attached hydrogens (tertiary/aromatic N) is 2. The fourth-order valence-electron chi connectivity index (χ4n) is 3.51. The second kappa shape index (κ2) is 7.92. The highest BCUT2D eigenvalue weighted by atomic mass is 32.2. The molecular formula is C15H28N2O5S. The molecular weight excluding hydrogens is 320 g/mol. The van der Waals surface area contributed by atoms with Crippen molar-refractivity contribution in [3.63, 3.8) is 0 Å². The van der Waals surface area contributed by atoms with Crippen molar-refractivity contribution >= 4 is 16.2 Å². The van der Waals surface area contributed by atoms with Crippen molar-refractivity contribution in [1.29, 1.82) is 0 Å². The van der Waals surface area contributed by atoms with Crippen LogP contribution in [0, 0.1) is 5.41 Å². The lowest BCUT2D eigenvalue weighted by molar-refractivity contribution is -0.152.